The number of rotatable bonds is 4. The maximum absolute atomic E-state index is 11.9. The normalized spacial score (nSPS) is 19.6. The van der Waals surface area contributed by atoms with Gasteiger partial charge in [0.15, 0.2) is 10.9 Å². The van der Waals surface area contributed by atoms with Crippen LogP contribution in [0.2, 0.25) is 0 Å². The fraction of sp³-hybridized carbons (Fsp3) is 0.545. The van der Waals surface area contributed by atoms with Gasteiger partial charge in [0.05, 0.1) is 16.3 Å². The van der Waals surface area contributed by atoms with Crippen molar-refractivity contribution in [1.82, 2.24) is 4.98 Å². The standard InChI is InChI=1S/C11H15N3O4S2/c1-6-10(7(2)15)19-11(13-6)14-4-8(3-9(14)16)5-20(12,17)18/h8H,3-5H2,1-2H3,(H2,12,17,18). The molecule has 0 aliphatic carbocycles. The number of hydrogen-bond acceptors (Lipinski definition) is 6. The predicted molar refractivity (Wildman–Crippen MR) is 75.3 cm³/mol. The van der Waals surface area contributed by atoms with E-state index in [1.54, 1.807) is 6.92 Å². The zero-order chi connectivity index (χ0) is 15.1. The summed E-state index contributed by atoms with van der Waals surface area (Å²) in [6, 6.07) is 0. The minimum absolute atomic E-state index is 0.0982. The number of thiazole rings is 1. The summed E-state index contributed by atoms with van der Waals surface area (Å²) in [5.41, 5.74) is 0.584. The van der Waals surface area contributed by atoms with Gasteiger partial charge in [-0.1, -0.05) is 11.3 Å². The summed E-state index contributed by atoms with van der Waals surface area (Å²) in [5.74, 6) is -0.844. The molecule has 110 valence electrons. The van der Waals surface area contributed by atoms with Crippen molar-refractivity contribution >= 4 is 38.2 Å². The number of anilines is 1. The molecule has 0 radical (unpaired) electrons. The van der Waals surface area contributed by atoms with Crippen LogP contribution in [-0.2, 0) is 14.8 Å². The van der Waals surface area contributed by atoms with E-state index in [1.807, 2.05) is 0 Å². The number of nitrogens with zero attached hydrogens (tertiary/aromatic N) is 2. The highest BCUT2D eigenvalue weighted by molar-refractivity contribution is 7.89. The molecule has 1 aromatic rings. The fourth-order valence-electron chi connectivity index (χ4n) is 2.23. The number of hydrogen-bond donors (Lipinski definition) is 1. The van der Waals surface area contributed by atoms with Crippen molar-refractivity contribution in [2.75, 3.05) is 17.2 Å². The van der Waals surface area contributed by atoms with Crippen molar-refractivity contribution in [2.24, 2.45) is 11.1 Å². The molecule has 1 unspecified atom stereocenters. The largest absolute Gasteiger partial charge is 0.294 e. The number of ketones is 1. The first kappa shape index (κ1) is 15.1. The molecule has 20 heavy (non-hydrogen) atoms. The summed E-state index contributed by atoms with van der Waals surface area (Å²) >= 11 is 1.15. The Morgan fingerprint density at radius 3 is 2.70 bits per heavy atom. The lowest BCUT2D eigenvalue weighted by Crippen LogP contribution is -2.27. The van der Waals surface area contributed by atoms with Crippen LogP contribution in [0.4, 0.5) is 5.13 Å². The molecule has 7 nitrogen and oxygen atoms in total. The highest BCUT2D eigenvalue weighted by Gasteiger charge is 2.34. The molecule has 2 N–H and O–H groups in total. The highest BCUT2D eigenvalue weighted by atomic mass is 32.2. The van der Waals surface area contributed by atoms with Gasteiger partial charge in [-0.15, -0.1) is 0 Å². The molecule has 1 saturated heterocycles. The Bertz CT molecular complexity index is 665. The third kappa shape index (κ3) is 3.22. The Balaban J connectivity index is 2.20. The lowest BCUT2D eigenvalue weighted by molar-refractivity contribution is -0.117. The van der Waals surface area contributed by atoms with Crippen molar-refractivity contribution in [3.05, 3.63) is 10.6 Å². The quantitative estimate of drug-likeness (QED) is 0.803. The van der Waals surface area contributed by atoms with Gasteiger partial charge in [-0.05, 0) is 6.92 Å². The second-order valence-corrected chi connectivity index (χ2v) is 7.51. The molecule has 0 aromatic carbocycles. The topological polar surface area (TPSA) is 110 Å². The van der Waals surface area contributed by atoms with Gasteiger partial charge in [0.2, 0.25) is 15.9 Å². The highest BCUT2D eigenvalue weighted by Crippen LogP contribution is 2.31. The number of nitrogens with two attached hydrogens (primary N) is 1. The molecule has 1 atom stereocenters. The summed E-state index contributed by atoms with van der Waals surface area (Å²) in [7, 11) is -3.60. The average molecular weight is 317 g/mol. The van der Waals surface area contributed by atoms with E-state index < -0.39 is 10.0 Å². The van der Waals surface area contributed by atoms with Crippen LogP contribution in [0.3, 0.4) is 0 Å². The second-order valence-electron chi connectivity index (χ2n) is 4.87. The summed E-state index contributed by atoms with van der Waals surface area (Å²) < 4.78 is 22.1. The Labute approximate surface area is 120 Å². The molecule has 0 saturated carbocycles. The van der Waals surface area contributed by atoms with Crippen molar-refractivity contribution in [2.45, 2.75) is 20.3 Å². The van der Waals surface area contributed by atoms with Crippen LogP contribution in [0, 0.1) is 12.8 Å². The van der Waals surface area contributed by atoms with E-state index in [0.29, 0.717) is 15.7 Å². The molecular weight excluding hydrogens is 302 g/mol. The van der Waals surface area contributed by atoms with Crippen LogP contribution in [-0.4, -0.2) is 37.4 Å². The Morgan fingerprint density at radius 1 is 1.55 bits per heavy atom. The monoisotopic (exact) mass is 317 g/mol. The maximum Gasteiger partial charge on any atom is 0.229 e. The predicted octanol–water partition coefficient (Wildman–Crippen LogP) is 0.296. The van der Waals surface area contributed by atoms with Crippen molar-refractivity contribution < 1.29 is 18.0 Å². The molecule has 1 aromatic heterocycles. The number of aromatic nitrogens is 1. The van der Waals surface area contributed by atoms with Gasteiger partial charge >= 0.3 is 0 Å². The number of carbonyl (C=O) groups excluding carboxylic acids is 2. The number of carbonyl (C=O) groups is 2. The van der Waals surface area contributed by atoms with E-state index >= 15 is 0 Å². The van der Waals surface area contributed by atoms with Crippen LogP contribution < -0.4 is 10.0 Å². The first-order valence-electron chi connectivity index (χ1n) is 5.96. The number of Topliss-reactive ketones (excluding diaryl/α,β-unsaturated/α-hetero) is 1. The van der Waals surface area contributed by atoms with E-state index in [-0.39, 0.29) is 36.3 Å². The lowest BCUT2D eigenvalue weighted by Gasteiger charge is -2.12. The maximum atomic E-state index is 11.9. The van der Waals surface area contributed by atoms with Crippen LogP contribution >= 0.6 is 11.3 Å². The van der Waals surface area contributed by atoms with E-state index in [1.165, 1.54) is 11.8 Å². The molecule has 9 heteroatoms. The number of sulfonamides is 1. The van der Waals surface area contributed by atoms with E-state index in [2.05, 4.69) is 4.98 Å². The van der Waals surface area contributed by atoms with Gasteiger partial charge in [-0.3, -0.25) is 14.5 Å². The van der Waals surface area contributed by atoms with Gasteiger partial charge in [0.1, 0.15) is 0 Å². The van der Waals surface area contributed by atoms with Crippen molar-refractivity contribution in [1.29, 1.82) is 0 Å². The van der Waals surface area contributed by atoms with Gasteiger partial charge < -0.3 is 0 Å². The number of amides is 1. The third-order valence-electron chi connectivity index (χ3n) is 3.01. The Kier molecular flexibility index (Phi) is 3.94. The minimum Gasteiger partial charge on any atom is -0.294 e. The third-order valence-corrected chi connectivity index (χ3v) is 5.23. The van der Waals surface area contributed by atoms with Crippen molar-refractivity contribution in [3.63, 3.8) is 0 Å². The minimum atomic E-state index is -3.60. The fourth-order valence-corrected chi connectivity index (χ4v) is 4.10. The van der Waals surface area contributed by atoms with E-state index in [4.69, 9.17) is 5.14 Å². The molecular formula is C11H15N3O4S2. The lowest BCUT2D eigenvalue weighted by atomic mass is 10.1. The molecule has 1 amide bonds. The molecule has 1 aliphatic heterocycles. The zero-order valence-corrected chi connectivity index (χ0v) is 12.8. The first-order valence-corrected chi connectivity index (χ1v) is 8.50. The molecule has 2 heterocycles. The smallest absolute Gasteiger partial charge is 0.229 e. The van der Waals surface area contributed by atoms with Gasteiger partial charge in [-0.2, -0.15) is 0 Å². The van der Waals surface area contributed by atoms with Gasteiger partial charge in [0, 0.05) is 25.8 Å². The van der Waals surface area contributed by atoms with Crippen molar-refractivity contribution in [3.8, 4) is 0 Å². The second kappa shape index (κ2) is 5.23. The zero-order valence-electron chi connectivity index (χ0n) is 11.1. The molecule has 0 bridgehead atoms. The number of aryl methyl sites for hydroxylation is 1. The molecule has 1 fully saturated rings. The SMILES string of the molecule is CC(=O)c1sc(N2CC(CS(N)(=O)=O)CC2=O)nc1C. The summed E-state index contributed by atoms with van der Waals surface area (Å²) in [4.78, 5) is 29.5. The molecule has 2 rings (SSSR count). The van der Waals surface area contributed by atoms with E-state index in [9.17, 15) is 18.0 Å². The Hall–Kier alpha value is -1.32. The van der Waals surface area contributed by atoms with E-state index in [0.717, 1.165) is 11.3 Å². The summed E-state index contributed by atoms with van der Waals surface area (Å²) in [6.45, 7) is 3.42. The van der Waals surface area contributed by atoms with Crippen LogP contribution in [0.5, 0.6) is 0 Å². The van der Waals surface area contributed by atoms with Crippen LogP contribution in [0.25, 0.3) is 0 Å². The summed E-state index contributed by atoms with van der Waals surface area (Å²) in [6.07, 6.45) is 0.129. The average Bonchev–Trinajstić information content (AvgIpc) is 2.79. The van der Waals surface area contributed by atoms with Crippen LogP contribution in [0.15, 0.2) is 0 Å². The van der Waals surface area contributed by atoms with Gasteiger partial charge in [0.25, 0.3) is 0 Å². The summed E-state index contributed by atoms with van der Waals surface area (Å²) in [5, 5.41) is 5.44. The first-order chi connectivity index (χ1) is 9.17. The van der Waals surface area contributed by atoms with Crippen LogP contribution in [0.1, 0.15) is 28.7 Å². The molecule has 1 aliphatic rings. The van der Waals surface area contributed by atoms with Gasteiger partial charge in [-0.25, -0.2) is 18.5 Å². The Morgan fingerprint density at radius 2 is 2.20 bits per heavy atom. The number of primary sulfonamides is 1. The molecule has 0 spiro atoms.